The average Bonchev–Trinajstić information content (AvgIpc) is 3.22. The zero-order chi connectivity index (χ0) is 42.3. The normalized spacial score (nSPS) is 12.8. The first kappa shape index (κ1) is 54.6. The molecule has 330 valence electrons. The van der Waals surface area contributed by atoms with Crippen molar-refractivity contribution in [1.29, 1.82) is 0 Å². The molecule has 0 aliphatic rings. The zero-order valence-electron chi connectivity index (χ0n) is 37.5. The first-order chi connectivity index (χ1) is 28.5. The largest absolute Gasteiger partial charge is 0.462 e. The zero-order valence-corrected chi connectivity index (χ0v) is 37.5. The van der Waals surface area contributed by atoms with Crippen molar-refractivity contribution in [2.45, 2.75) is 213 Å². The standard InChI is InChI=1S/C52H86O6/c1-4-7-10-13-16-19-22-25-28-30-33-36-39-42-45-51(54)57-48-49(58-52(55)46-43-40-37-34-31-27-24-21-18-15-12-9-6-3)47-56-50(53)44-41-38-35-32-29-26-23-20-17-14-11-8-5-2/h9,12,15,18,21,24,26-31,34,37,49H,4-8,10-11,13-14,16-17,19-20,22-23,25,32-33,35-36,38-48H2,1-3H3/b12-9+,18-15+,24-21+,29-26+,30-28+,31-27+,37-34+. The van der Waals surface area contributed by atoms with E-state index in [4.69, 9.17) is 14.2 Å². The van der Waals surface area contributed by atoms with E-state index in [9.17, 15) is 14.4 Å². The van der Waals surface area contributed by atoms with E-state index in [0.29, 0.717) is 19.3 Å². The van der Waals surface area contributed by atoms with E-state index in [-0.39, 0.29) is 31.6 Å². The van der Waals surface area contributed by atoms with Gasteiger partial charge in [0.1, 0.15) is 13.2 Å². The average molecular weight is 807 g/mol. The Labute approximate surface area is 356 Å². The van der Waals surface area contributed by atoms with E-state index in [1.807, 2.05) is 54.7 Å². The summed E-state index contributed by atoms with van der Waals surface area (Å²) < 4.78 is 16.6. The second kappa shape index (κ2) is 46.3. The van der Waals surface area contributed by atoms with Crippen molar-refractivity contribution in [2.24, 2.45) is 0 Å². The SMILES string of the molecule is CC/C=C/C=C/C=C/C=C/C=C/CCCC(=O)OC(COC(=O)CCCCC/C=C/CCCCCCCC)COC(=O)CCCCC/C=C/CCCCCCCCC. The summed E-state index contributed by atoms with van der Waals surface area (Å²) in [6.07, 6.45) is 58.6. The van der Waals surface area contributed by atoms with Crippen molar-refractivity contribution < 1.29 is 28.6 Å². The summed E-state index contributed by atoms with van der Waals surface area (Å²) in [5.41, 5.74) is 0. The third kappa shape index (κ3) is 43.7. The van der Waals surface area contributed by atoms with Crippen LogP contribution in [0.5, 0.6) is 0 Å². The number of carbonyl (C=O) groups excluding carboxylic acids is 3. The summed E-state index contributed by atoms with van der Waals surface area (Å²) in [6.45, 7) is 6.37. The number of rotatable bonds is 41. The molecule has 0 saturated heterocycles. The van der Waals surface area contributed by atoms with Crippen molar-refractivity contribution in [3.63, 3.8) is 0 Å². The minimum absolute atomic E-state index is 0.118. The maximum absolute atomic E-state index is 12.7. The Balaban J connectivity index is 4.54. The molecule has 0 rings (SSSR count). The van der Waals surface area contributed by atoms with Crippen LogP contribution in [0.1, 0.15) is 207 Å². The first-order valence-corrected chi connectivity index (χ1v) is 23.7. The van der Waals surface area contributed by atoms with E-state index >= 15 is 0 Å². The fraction of sp³-hybridized carbons (Fsp3) is 0.673. The lowest BCUT2D eigenvalue weighted by molar-refractivity contribution is -0.167. The van der Waals surface area contributed by atoms with Gasteiger partial charge in [-0.2, -0.15) is 0 Å². The van der Waals surface area contributed by atoms with Gasteiger partial charge in [0, 0.05) is 19.3 Å². The lowest BCUT2D eigenvalue weighted by atomic mass is 10.1. The molecule has 0 aromatic carbocycles. The fourth-order valence-corrected chi connectivity index (χ4v) is 6.17. The van der Waals surface area contributed by atoms with Crippen LogP contribution in [-0.4, -0.2) is 37.2 Å². The van der Waals surface area contributed by atoms with Gasteiger partial charge in [-0.15, -0.1) is 0 Å². The van der Waals surface area contributed by atoms with Gasteiger partial charge in [0.15, 0.2) is 6.10 Å². The van der Waals surface area contributed by atoms with Crippen LogP contribution in [0.25, 0.3) is 0 Å². The van der Waals surface area contributed by atoms with Crippen LogP contribution in [0, 0.1) is 0 Å². The van der Waals surface area contributed by atoms with Crippen LogP contribution in [0.15, 0.2) is 85.1 Å². The number of hydrogen-bond donors (Lipinski definition) is 0. The van der Waals surface area contributed by atoms with Crippen molar-refractivity contribution in [2.75, 3.05) is 13.2 Å². The van der Waals surface area contributed by atoms with Crippen LogP contribution in [0.2, 0.25) is 0 Å². The highest BCUT2D eigenvalue weighted by Crippen LogP contribution is 2.12. The van der Waals surface area contributed by atoms with Gasteiger partial charge in [-0.25, -0.2) is 0 Å². The molecule has 0 radical (unpaired) electrons. The van der Waals surface area contributed by atoms with Gasteiger partial charge in [0.05, 0.1) is 0 Å². The predicted octanol–water partition coefficient (Wildman–Crippen LogP) is 15.3. The third-order valence-electron chi connectivity index (χ3n) is 9.73. The van der Waals surface area contributed by atoms with Crippen LogP contribution >= 0.6 is 0 Å². The molecule has 0 aromatic heterocycles. The number of ether oxygens (including phenoxy) is 3. The number of esters is 3. The van der Waals surface area contributed by atoms with Crippen molar-refractivity contribution in [1.82, 2.24) is 0 Å². The summed E-state index contributed by atoms with van der Waals surface area (Å²) in [6, 6.07) is 0. The molecular weight excluding hydrogens is 721 g/mol. The van der Waals surface area contributed by atoms with E-state index in [0.717, 1.165) is 77.0 Å². The molecule has 0 aliphatic heterocycles. The Hall–Kier alpha value is -3.41. The van der Waals surface area contributed by atoms with Crippen LogP contribution < -0.4 is 0 Å². The van der Waals surface area contributed by atoms with Gasteiger partial charge in [-0.05, 0) is 83.5 Å². The minimum atomic E-state index is -0.824. The van der Waals surface area contributed by atoms with Gasteiger partial charge < -0.3 is 14.2 Å². The number of carbonyl (C=O) groups is 3. The highest BCUT2D eigenvalue weighted by Gasteiger charge is 2.19. The summed E-state index contributed by atoms with van der Waals surface area (Å²) in [5, 5.41) is 0. The molecule has 1 unspecified atom stereocenters. The summed E-state index contributed by atoms with van der Waals surface area (Å²) in [7, 11) is 0. The second-order valence-corrected chi connectivity index (χ2v) is 15.4. The summed E-state index contributed by atoms with van der Waals surface area (Å²) in [5.74, 6) is -1.03. The van der Waals surface area contributed by atoms with E-state index < -0.39 is 12.1 Å². The topological polar surface area (TPSA) is 78.9 Å². The minimum Gasteiger partial charge on any atom is -0.462 e. The quantitative estimate of drug-likeness (QED) is 0.0201. The molecule has 0 aliphatic carbocycles. The molecule has 6 heteroatoms. The lowest BCUT2D eigenvalue weighted by Gasteiger charge is -2.18. The van der Waals surface area contributed by atoms with Gasteiger partial charge in [0.2, 0.25) is 0 Å². The van der Waals surface area contributed by atoms with E-state index in [1.54, 1.807) is 0 Å². The van der Waals surface area contributed by atoms with Gasteiger partial charge in [-0.1, -0.05) is 189 Å². The molecule has 0 fully saturated rings. The van der Waals surface area contributed by atoms with Crippen molar-refractivity contribution >= 4 is 17.9 Å². The fourth-order valence-electron chi connectivity index (χ4n) is 6.17. The van der Waals surface area contributed by atoms with Crippen molar-refractivity contribution in [3.05, 3.63) is 85.1 Å². The molecule has 0 saturated carbocycles. The Morgan fingerprint density at radius 1 is 0.362 bits per heavy atom. The van der Waals surface area contributed by atoms with E-state index in [2.05, 4.69) is 51.2 Å². The molecule has 0 spiro atoms. The van der Waals surface area contributed by atoms with Gasteiger partial charge >= 0.3 is 17.9 Å². The number of hydrogen-bond acceptors (Lipinski definition) is 6. The Bertz CT molecular complexity index is 1160. The van der Waals surface area contributed by atoms with Crippen LogP contribution in [-0.2, 0) is 28.6 Å². The Kier molecular flexibility index (Phi) is 43.6. The number of unbranched alkanes of at least 4 members (excludes halogenated alkanes) is 20. The van der Waals surface area contributed by atoms with Gasteiger partial charge in [-0.3, -0.25) is 14.4 Å². The summed E-state index contributed by atoms with van der Waals surface area (Å²) >= 11 is 0. The molecule has 1 atom stereocenters. The maximum atomic E-state index is 12.7. The van der Waals surface area contributed by atoms with Crippen molar-refractivity contribution in [3.8, 4) is 0 Å². The second-order valence-electron chi connectivity index (χ2n) is 15.4. The third-order valence-corrected chi connectivity index (χ3v) is 9.73. The highest BCUT2D eigenvalue weighted by atomic mass is 16.6. The Morgan fingerprint density at radius 3 is 1.14 bits per heavy atom. The first-order valence-electron chi connectivity index (χ1n) is 23.7. The molecule has 58 heavy (non-hydrogen) atoms. The molecule has 0 heterocycles. The monoisotopic (exact) mass is 807 g/mol. The predicted molar refractivity (Wildman–Crippen MR) is 247 cm³/mol. The molecule has 0 N–H and O–H groups in total. The number of allylic oxidation sites excluding steroid dienone is 14. The highest BCUT2D eigenvalue weighted by molar-refractivity contribution is 5.71. The molecule has 0 aromatic rings. The molecular formula is C52H86O6. The molecule has 0 amide bonds. The smallest absolute Gasteiger partial charge is 0.306 e. The molecule has 0 bridgehead atoms. The maximum Gasteiger partial charge on any atom is 0.306 e. The summed E-state index contributed by atoms with van der Waals surface area (Å²) in [4.78, 5) is 37.8. The Morgan fingerprint density at radius 2 is 0.707 bits per heavy atom. The molecule has 6 nitrogen and oxygen atoms in total. The lowest BCUT2D eigenvalue weighted by Crippen LogP contribution is -2.30. The van der Waals surface area contributed by atoms with Crippen LogP contribution in [0.4, 0.5) is 0 Å². The van der Waals surface area contributed by atoms with E-state index in [1.165, 1.54) is 83.5 Å². The van der Waals surface area contributed by atoms with Gasteiger partial charge in [0.25, 0.3) is 0 Å². The van der Waals surface area contributed by atoms with Crippen LogP contribution in [0.3, 0.4) is 0 Å².